The summed E-state index contributed by atoms with van der Waals surface area (Å²) in [7, 11) is 0. The van der Waals surface area contributed by atoms with Crippen LogP contribution in [0.1, 0.15) is 24.0 Å². The van der Waals surface area contributed by atoms with Crippen LogP contribution in [0.2, 0.25) is 0 Å². The van der Waals surface area contributed by atoms with Gasteiger partial charge in [0, 0.05) is 10.9 Å². The van der Waals surface area contributed by atoms with E-state index in [1.54, 1.807) is 4.40 Å². The average molecular weight is 303 g/mol. The molecule has 0 aliphatic heterocycles. The fourth-order valence-electron chi connectivity index (χ4n) is 2.03. The van der Waals surface area contributed by atoms with E-state index in [1.165, 1.54) is 11.3 Å². The van der Waals surface area contributed by atoms with Crippen molar-refractivity contribution < 1.29 is 14.6 Å². The molecule has 21 heavy (non-hydrogen) atoms. The lowest BCUT2D eigenvalue weighted by molar-refractivity contribution is 0.0682. The second-order valence-corrected chi connectivity index (χ2v) is 5.28. The quantitative estimate of drug-likeness (QED) is 0.784. The molecule has 0 bridgehead atoms. The summed E-state index contributed by atoms with van der Waals surface area (Å²) >= 11 is 1.36. The van der Waals surface area contributed by atoms with Gasteiger partial charge < -0.3 is 9.84 Å². The van der Waals surface area contributed by atoms with Crippen LogP contribution in [0.3, 0.4) is 0 Å². The minimum absolute atomic E-state index is 0.0823. The standard InChI is InChI=1S/C14H13N3O3S/c1-2-6-20-10-5-3-4-9(7-10)11-8-21-14-16-15-12(13(18)19)17(11)14/h3-5,7-8H,2,6H2,1H3,(H,18,19). The molecule has 7 heteroatoms. The lowest BCUT2D eigenvalue weighted by Crippen LogP contribution is -2.04. The molecule has 0 fully saturated rings. The van der Waals surface area contributed by atoms with E-state index in [0.29, 0.717) is 11.6 Å². The van der Waals surface area contributed by atoms with Crippen LogP contribution < -0.4 is 4.74 Å². The van der Waals surface area contributed by atoms with Crippen molar-refractivity contribution in [3.8, 4) is 17.0 Å². The molecule has 0 saturated heterocycles. The van der Waals surface area contributed by atoms with Gasteiger partial charge in [0.25, 0.3) is 0 Å². The topological polar surface area (TPSA) is 76.7 Å². The number of hydrogen-bond acceptors (Lipinski definition) is 5. The van der Waals surface area contributed by atoms with Crippen molar-refractivity contribution in [1.82, 2.24) is 14.6 Å². The number of nitrogens with zero attached hydrogens (tertiary/aromatic N) is 3. The van der Waals surface area contributed by atoms with Gasteiger partial charge in [0.15, 0.2) is 0 Å². The monoisotopic (exact) mass is 303 g/mol. The summed E-state index contributed by atoms with van der Waals surface area (Å²) in [6.45, 7) is 2.69. The van der Waals surface area contributed by atoms with Crippen LogP contribution in [0.4, 0.5) is 0 Å². The molecule has 3 aromatic rings. The summed E-state index contributed by atoms with van der Waals surface area (Å²) < 4.78 is 7.16. The van der Waals surface area contributed by atoms with Crippen molar-refractivity contribution >= 4 is 22.3 Å². The van der Waals surface area contributed by atoms with E-state index in [4.69, 9.17) is 4.74 Å². The smallest absolute Gasteiger partial charge is 0.374 e. The van der Waals surface area contributed by atoms with Gasteiger partial charge in [-0.3, -0.25) is 4.40 Å². The van der Waals surface area contributed by atoms with Gasteiger partial charge in [0.1, 0.15) is 5.75 Å². The second kappa shape index (κ2) is 5.53. The molecule has 6 nitrogen and oxygen atoms in total. The van der Waals surface area contributed by atoms with Gasteiger partial charge in [-0.1, -0.05) is 19.1 Å². The number of ether oxygens (including phenoxy) is 1. The molecule has 0 atom stereocenters. The number of fused-ring (bicyclic) bond motifs is 1. The first-order chi connectivity index (χ1) is 10.2. The Hall–Kier alpha value is -2.41. The van der Waals surface area contributed by atoms with Gasteiger partial charge in [0.05, 0.1) is 12.3 Å². The number of aromatic nitrogens is 3. The van der Waals surface area contributed by atoms with Gasteiger partial charge in [-0.25, -0.2) is 4.79 Å². The lowest BCUT2D eigenvalue weighted by Gasteiger charge is -2.06. The van der Waals surface area contributed by atoms with E-state index in [2.05, 4.69) is 10.2 Å². The van der Waals surface area contributed by atoms with E-state index in [-0.39, 0.29) is 5.82 Å². The van der Waals surface area contributed by atoms with Crippen molar-refractivity contribution in [2.75, 3.05) is 6.61 Å². The highest BCUT2D eigenvalue weighted by Gasteiger charge is 2.18. The Morgan fingerprint density at radius 1 is 1.43 bits per heavy atom. The predicted octanol–water partition coefficient (Wildman–Crippen LogP) is 2.94. The summed E-state index contributed by atoms with van der Waals surface area (Å²) in [5, 5.41) is 18.6. The zero-order chi connectivity index (χ0) is 14.8. The number of carboxylic acid groups (broad SMARTS) is 1. The molecule has 0 saturated carbocycles. The predicted molar refractivity (Wildman–Crippen MR) is 79.0 cm³/mol. The molecule has 108 valence electrons. The van der Waals surface area contributed by atoms with E-state index in [1.807, 2.05) is 36.6 Å². The van der Waals surface area contributed by atoms with Crippen molar-refractivity contribution in [3.63, 3.8) is 0 Å². The fourth-order valence-corrected chi connectivity index (χ4v) is 2.86. The highest BCUT2D eigenvalue weighted by Crippen LogP contribution is 2.29. The van der Waals surface area contributed by atoms with E-state index < -0.39 is 5.97 Å². The van der Waals surface area contributed by atoms with Crippen molar-refractivity contribution in [1.29, 1.82) is 0 Å². The van der Waals surface area contributed by atoms with Gasteiger partial charge in [-0.2, -0.15) is 0 Å². The number of carbonyl (C=O) groups is 1. The zero-order valence-corrected chi connectivity index (χ0v) is 12.1. The summed E-state index contributed by atoms with van der Waals surface area (Å²) in [5.74, 6) is -0.416. The number of thiazole rings is 1. The van der Waals surface area contributed by atoms with Crippen LogP contribution in [0.15, 0.2) is 29.6 Å². The third kappa shape index (κ3) is 2.47. The number of benzene rings is 1. The van der Waals surface area contributed by atoms with E-state index >= 15 is 0 Å². The largest absolute Gasteiger partial charge is 0.494 e. The highest BCUT2D eigenvalue weighted by atomic mass is 32.1. The summed E-state index contributed by atoms with van der Waals surface area (Å²) in [6, 6.07) is 7.57. The van der Waals surface area contributed by atoms with Crippen LogP contribution in [0, 0.1) is 0 Å². The Labute approximate surface area is 124 Å². The second-order valence-electron chi connectivity index (χ2n) is 4.44. The first kappa shape index (κ1) is 13.6. The number of aromatic carboxylic acids is 1. The molecule has 2 aromatic heterocycles. The third-order valence-electron chi connectivity index (χ3n) is 2.94. The maximum atomic E-state index is 11.2. The molecule has 0 aliphatic carbocycles. The van der Waals surface area contributed by atoms with Crippen LogP contribution in [-0.4, -0.2) is 32.3 Å². The number of rotatable bonds is 5. The highest BCUT2D eigenvalue weighted by molar-refractivity contribution is 7.15. The molecule has 0 amide bonds. The molecule has 0 radical (unpaired) electrons. The van der Waals surface area contributed by atoms with Gasteiger partial charge in [-0.15, -0.1) is 21.5 Å². The first-order valence-electron chi connectivity index (χ1n) is 6.50. The van der Waals surface area contributed by atoms with Crippen LogP contribution in [0.25, 0.3) is 16.2 Å². The average Bonchev–Trinajstić information content (AvgIpc) is 3.06. The Balaban J connectivity index is 2.08. The fraction of sp³-hybridized carbons (Fsp3) is 0.214. The molecule has 0 aliphatic rings. The maximum absolute atomic E-state index is 11.2. The number of carboxylic acids is 1. The van der Waals surface area contributed by atoms with Crippen LogP contribution >= 0.6 is 11.3 Å². The van der Waals surface area contributed by atoms with Crippen molar-refractivity contribution in [2.24, 2.45) is 0 Å². The summed E-state index contributed by atoms with van der Waals surface area (Å²) in [4.78, 5) is 11.8. The molecule has 2 heterocycles. The SMILES string of the molecule is CCCOc1cccc(-c2csc3nnc(C(=O)O)n23)c1. The van der Waals surface area contributed by atoms with E-state index in [9.17, 15) is 9.90 Å². The minimum atomic E-state index is -1.10. The van der Waals surface area contributed by atoms with Crippen LogP contribution in [0.5, 0.6) is 5.75 Å². The Bertz CT molecular complexity index is 794. The Morgan fingerprint density at radius 2 is 2.29 bits per heavy atom. The Morgan fingerprint density at radius 3 is 3.05 bits per heavy atom. The third-order valence-corrected chi connectivity index (χ3v) is 3.76. The zero-order valence-electron chi connectivity index (χ0n) is 11.3. The molecular formula is C14H13N3O3S. The van der Waals surface area contributed by atoms with Crippen molar-refractivity contribution in [2.45, 2.75) is 13.3 Å². The maximum Gasteiger partial charge on any atom is 0.374 e. The Kier molecular flexibility index (Phi) is 3.57. The van der Waals surface area contributed by atoms with Gasteiger partial charge in [0.2, 0.25) is 10.8 Å². The number of hydrogen-bond donors (Lipinski definition) is 1. The molecule has 1 aromatic carbocycles. The van der Waals surface area contributed by atoms with Gasteiger partial charge >= 0.3 is 5.97 Å². The molecule has 0 spiro atoms. The van der Waals surface area contributed by atoms with Crippen LogP contribution in [-0.2, 0) is 0 Å². The molecule has 0 unspecified atom stereocenters. The lowest BCUT2D eigenvalue weighted by atomic mass is 10.1. The molecular weight excluding hydrogens is 290 g/mol. The van der Waals surface area contributed by atoms with E-state index in [0.717, 1.165) is 23.4 Å². The summed E-state index contributed by atoms with van der Waals surface area (Å²) in [5.41, 5.74) is 1.62. The summed E-state index contributed by atoms with van der Waals surface area (Å²) in [6.07, 6.45) is 0.932. The first-order valence-corrected chi connectivity index (χ1v) is 7.38. The van der Waals surface area contributed by atoms with Gasteiger partial charge in [-0.05, 0) is 18.6 Å². The van der Waals surface area contributed by atoms with Crippen molar-refractivity contribution in [3.05, 3.63) is 35.5 Å². The molecule has 1 N–H and O–H groups in total. The molecule has 3 rings (SSSR count). The minimum Gasteiger partial charge on any atom is -0.494 e. The normalized spacial score (nSPS) is 10.9.